The Morgan fingerprint density at radius 3 is 2.60 bits per heavy atom. The highest BCUT2D eigenvalue weighted by atomic mass is 79.9. The summed E-state index contributed by atoms with van der Waals surface area (Å²) >= 11 is 3.42. The third kappa shape index (κ3) is 4.11. The predicted octanol–water partition coefficient (Wildman–Crippen LogP) is 2.78. The van der Waals surface area contributed by atoms with Crippen LogP contribution in [-0.4, -0.2) is 38.3 Å². The first-order chi connectivity index (χ1) is 11.7. The van der Waals surface area contributed by atoms with Crippen LogP contribution < -0.4 is 9.62 Å². The number of halogens is 1. The number of hydrogen-bond donors (Lipinski definition) is 1. The van der Waals surface area contributed by atoms with Gasteiger partial charge >= 0.3 is 0 Å². The topological polar surface area (TPSA) is 86.1 Å². The number of fused-ring (bicyclic) bond motifs is 1. The third-order valence-corrected chi connectivity index (χ3v) is 5.86. The van der Waals surface area contributed by atoms with Crippen molar-refractivity contribution in [3.8, 4) is 6.07 Å². The molecule has 2 aromatic rings. The van der Waals surface area contributed by atoms with Crippen LogP contribution in [0.5, 0.6) is 0 Å². The van der Waals surface area contributed by atoms with E-state index in [0.29, 0.717) is 31.5 Å². The van der Waals surface area contributed by atoms with Gasteiger partial charge in [0.05, 0.1) is 23.4 Å². The second kappa shape index (κ2) is 6.56. The van der Waals surface area contributed by atoms with Crippen molar-refractivity contribution in [2.45, 2.75) is 25.3 Å². The zero-order chi connectivity index (χ0) is 18.2. The number of pyridine rings is 1. The van der Waals surface area contributed by atoms with E-state index in [1.807, 2.05) is 25.1 Å². The van der Waals surface area contributed by atoms with Crippen molar-refractivity contribution < 1.29 is 8.42 Å². The molecule has 8 heteroatoms. The molecular weight excluding hydrogens is 404 g/mol. The Bertz CT molecular complexity index is 961. The maximum Gasteiger partial charge on any atom is 0.209 e. The van der Waals surface area contributed by atoms with Crippen LogP contribution >= 0.6 is 15.9 Å². The summed E-state index contributed by atoms with van der Waals surface area (Å²) in [5, 5.41) is 10.3. The lowest BCUT2D eigenvalue weighted by Crippen LogP contribution is -2.53. The molecule has 1 aliphatic heterocycles. The zero-order valence-corrected chi connectivity index (χ0v) is 16.5. The van der Waals surface area contributed by atoms with Crippen molar-refractivity contribution in [1.82, 2.24) is 9.71 Å². The molecule has 0 unspecified atom stereocenters. The molecule has 1 aliphatic rings. The van der Waals surface area contributed by atoms with Gasteiger partial charge in [0.25, 0.3) is 0 Å². The molecule has 0 radical (unpaired) electrons. The molecule has 0 spiro atoms. The Morgan fingerprint density at radius 2 is 2.00 bits per heavy atom. The number of nitrogens with one attached hydrogen (secondary N) is 1. The van der Waals surface area contributed by atoms with Crippen LogP contribution in [0.1, 0.15) is 25.3 Å². The van der Waals surface area contributed by atoms with Crippen molar-refractivity contribution >= 4 is 42.7 Å². The number of piperidine rings is 1. The molecule has 2 heterocycles. The van der Waals surface area contributed by atoms with Crippen LogP contribution in [0.2, 0.25) is 0 Å². The molecule has 1 fully saturated rings. The standard InChI is InChI=1S/C17H19BrN4O2S/c1-17(21-25(2,23)24)5-7-22(8-6-17)16-9-12(11-19)14-10-13(18)3-4-15(14)20-16/h3-4,9-10,21H,5-8H2,1-2H3. The van der Waals surface area contributed by atoms with E-state index in [1.165, 1.54) is 6.26 Å². The summed E-state index contributed by atoms with van der Waals surface area (Å²) in [6.07, 6.45) is 2.55. The normalized spacial score (nSPS) is 17.4. The lowest BCUT2D eigenvalue weighted by Gasteiger charge is -2.40. The van der Waals surface area contributed by atoms with Crippen LogP contribution in [-0.2, 0) is 10.0 Å². The van der Waals surface area contributed by atoms with Crippen molar-refractivity contribution in [2.24, 2.45) is 0 Å². The summed E-state index contributed by atoms with van der Waals surface area (Å²) < 4.78 is 26.7. The molecule has 25 heavy (non-hydrogen) atoms. The minimum absolute atomic E-state index is 0.441. The van der Waals surface area contributed by atoms with E-state index < -0.39 is 15.6 Å². The molecule has 3 rings (SSSR count). The summed E-state index contributed by atoms with van der Waals surface area (Å²) in [7, 11) is -3.24. The fourth-order valence-corrected chi connectivity index (χ4v) is 4.68. The van der Waals surface area contributed by atoms with Gasteiger partial charge in [-0.25, -0.2) is 18.1 Å². The van der Waals surface area contributed by atoms with Gasteiger partial charge < -0.3 is 4.90 Å². The number of hydrogen-bond acceptors (Lipinski definition) is 5. The molecule has 6 nitrogen and oxygen atoms in total. The summed E-state index contributed by atoms with van der Waals surface area (Å²) in [4.78, 5) is 6.79. The molecule has 132 valence electrons. The smallest absolute Gasteiger partial charge is 0.209 e. The largest absolute Gasteiger partial charge is 0.356 e. The highest BCUT2D eigenvalue weighted by molar-refractivity contribution is 9.10. The van der Waals surface area contributed by atoms with Gasteiger partial charge in [0.2, 0.25) is 10.0 Å². The fourth-order valence-electron chi connectivity index (χ4n) is 3.22. The Balaban J connectivity index is 1.87. The monoisotopic (exact) mass is 422 g/mol. The number of sulfonamides is 1. The molecule has 0 aliphatic carbocycles. The van der Waals surface area contributed by atoms with Crippen LogP contribution in [0.4, 0.5) is 5.82 Å². The summed E-state index contributed by atoms with van der Waals surface area (Å²) in [6.45, 7) is 3.29. The van der Waals surface area contributed by atoms with E-state index in [1.54, 1.807) is 6.07 Å². The number of aromatic nitrogens is 1. The van der Waals surface area contributed by atoms with E-state index in [2.05, 4.69) is 36.6 Å². The molecule has 0 saturated carbocycles. The summed E-state index contributed by atoms with van der Waals surface area (Å²) in [5.41, 5.74) is 0.924. The van der Waals surface area contributed by atoms with E-state index in [9.17, 15) is 13.7 Å². The number of anilines is 1. The summed E-state index contributed by atoms with van der Waals surface area (Å²) in [5.74, 6) is 0.757. The Labute approximate surface area is 156 Å². The number of nitriles is 1. The lowest BCUT2D eigenvalue weighted by atomic mass is 9.91. The highest BCUT2D eigenvalue weighted by Crippen LogP contribution is 2.29. The van der Waals surface area contributed by atoms with Gasteiger partial charge in [0, 0.05) is 28.5 Å². The van der Waals surface area contributed by atoms with Crippen LogP contribution in [0.25, 0.3) is 10.9 Å². The fraction of sp³-hybridized carbons (Fsp3) is 0.412. The van der Waals surface area contributed by atoms with Gasteiger partial charge in [0.15, 0.2) is 0 Å². The van der Waals surface area contributed by atoms with E-state index in [-0.39, 0.29) is 0 Å². The van der Waals surface area contributed by atoms with Gasteiger partial charge in [0.1, 0.15) is 5.82 Å². The first-order valence-electron chi connectivity index (χ1n) is 7.93. The van der Waals surface area contributed by atoms with Gasteiger partial charge in [-0.2, -0.15) is 5.26 Å². The van der Waals surface area contributed by atoms with Gasteiger partial charge in [-0.3, -0.25) is 0 Å². The summed E-state index contributed by atoms with van der Waals surface area (Å²) in [6, 6.07) is 9.75. The zero-order valence-electron chi connectivity index (χ0n) is 14.1. The number of nitrogens with zero attached hydrogens (tertiary/aromatic N) is 3. The Morgan fingerprint density at radius 1 is 1.32 bits per heavy atom. The van der Waals surface area contributed by atoms with Gasteiger partial charge in [-0.15, -0.1) is 0 Å². The molecule has 0 amide bonds. The van der Waals surface area contributed by atoms with Crippen molar-refractivity contribution in [3.63, 3.8) is 0 Å². The SMILES string of the molecule is CC1(NS(C)(=O)=O)CCN(c2cc(C#N)c3cc(Br)ccc3n2)CC1. The Hall–Kier alpha value is -1.69. The van der Waals surface area contributed by atoms with Gasteiger partial charge in [-0.05, 0) is 44.0 Å². The predicted molar refractivity (Wildman–Crippen MR) is 102 cm³/mol. The third-order valence-electron chi connectivity index (χ3n) is 4.50. The molecule has 1 aromatic carbocycles. The molecule has 0 bridgehead atoms. The van der Waals surface area contributed by atoms with Crippen LogP contribution in [0, 0.1) is 11.3 Å². The first-order valence-corrected chi connectivity index (χ1v) is 10.6. The number of rotatable bonds is 3. The van der Waals surface area contributed by atoms with Crippen LogP contribution in [0.15, 0.2) is 28.7 Å². The second-order valence-corrected chi connectivity index (χ2v) is 9.39. The van der Waals surface area contributed by atoms with Crippen molar-refractivity contribution in [2.75, 3.05) is 24.2 Å². The molecule has 1 saturated heterocycles. The van der Waals surface area contributed by atoms with Crippen LogP contribution in [0.3, 0.4) is 0 Å². The first kappa shape index (κ1) is 18.1. The lowest BCUT2D eigenvalue weighted by molar-refractivity contribution is 0.330. The Kier molecular flexibility index (Phi) is 4.75. The quantitative estimate of drug-likeness (QED) is 0.821. The minimum Gasteiger partial charge on any atom is -0.356 e. The molecule has 1 N–H and O–H groups in total. The van der Waals surface area contributed by atoms with Crippen molar-refractivity contribution in [3.05, 3.63) is 34.3 Å². The van der Waals surface area contributed by atoms with Gasteiger partial charge in [-0.1, -0.05) is 15.9 Å². The molecular formula is C17H19BrN4O2S. The molecule has 1 aromatic heterocycles. The van der Waals surface area contributed by atoms with E-state index >= 15 is 0 Å². The van der Waals surface area contributed by atoms with Crippen molar-refractivity contribution in [1.29, 1.82) is 5.26 Å². The second-order valence-electron chi connectivity index (χ2n) is 6.72. The highest BCUT2D eigenvalue weighted by Gasteiger charge is 2.33. The maximum absolute atomic E-state index is 11.5. The average molecular weight is 423 g/mol. The van der Waals surface area contributed by atoms with E-state index in [4.69, 9.17) is 0 Å². The maximum atomic E-state index is 11.5. The van der Waals surface area contributed by atoms with E-state index in [0.717, 1.165) is 21.2 Å². The minimum atomic E-state index is -3.24. The number of benzene rings is 1. The molecule has 0 atom stereocenters. The average Bonchev–Trinajstić information content (AvgIpc) is 2.52.